The van der Waals surface area contributed by atoms with E-state index in [0.717, 1.165) is 11.4 Å². The zero-order chi connectivity index (χ0) is 15.2. The molecule has 0 aliphatic rings. The van der Waals surface area contributed by atoms with Gasteiger partial charge in [-0.15, -0.1) is 0 Å². The first-order valence-electron chi connectivity index (χ1n) is 6.82. The van der Waals surface area contributed by atoms with Crippen LogP contribution in [0.4, 0.5) is 11.4 Å². The van der Waals surface area contributed by atoms with Gasteiger partial charge in [0.05, 0.1) is 22.6 Å². The van der Waals surface area contributed by atoms with Gasteiger partial charge < -0.3 is 10.6 Å². The normalized spacial score (nSPS) is 10.5. The van der Waals surface area contributed by atoms with Crippen LogP contribution in [0.2, 0.25) is 5.02 Å². The van der Waals surface area contributed by atoms with Crippen molar-refractivity contribution in [3.8, 4) is 0 Å². The minimum atomic E-state index is -0.159. The Morgan fingerprint density at radius 1 is 1.24 bits per heavy atom. The highest BCUT2D eigenvalue weighted by atomic mass is 35.5. The van der Waals surface area contributed by atoms with Crippen LogP contribution >= 0.6 is 11.6 Å². The van der Waals surface area contributed by atoms with Gasteiger partial charge in [0.1, 0.15) is 5.69 Å². The van der Waals surface area contributed by atoms with E-state index in [1.807, 2.05) is 38.1 Å². The number of nitrogens with zero attached hydrogens (tertiary/aromatic N) is 1. The molecule has 21 heavy (non-hydrogen) atoms. The number of pyridine rings is 1. The van der Waals surface area contributed by atoms with E-state index in [1.54, 1.807) is 18.3 Å². The summed E-state index contributed by atoms with van der Waals surface area (Å²) in [6, 6.07) is 11.0. The van der Waals surface area contributed by atoms with Crippen molar-refractivity contribution >= 4 is 28.9 Å². The van der Waals surface area contributed by atoms with Crippen LogP contribution in [-0.4, -0.2) is 17.4 Å². The Labute approximate surface area is 129 Å². The lowest BCUT2D eigenvalue weighted by molar-refractivity contribution is 0.0944. The predicted molar refractivity (Wildman–Crippen MR) is 86.1 cm³/mol. The van der Waals surface area contributed by atoms with E-state index in [-0.39, 0.29) is 5.91 Å². The zero-order valence-corrected chi connectivity index (χ0v) is 12.8. The molecule has 1 amide bonds. The fourth-order valence-corrected chi connectivity index (χ4v) is 1.89. The monoisotopic (exact) mass is 303 g/mol. The third-order valence-corrected chi connectivity index (χ3v) is 3.15. The lowest BCUT2D eigenvalue weighted by atomic mass is 10.2. The molecule has 0 bridgehead atoms. The predicted octanol–water partition coefficient (Wildman–Crippen LogP) is 3.86. The number of anilines is 2. The zero-order valence-electron chi connectivity index (χ0n) is 12.1. The van der Waals surface area contributed by atoms with Gasteiger partial charge in [-0.25, -0.2) is 4.98 Å². The van der Waals surface area contributed by atoms with E-state index >= 15 is 0 Å². The average Bonchev–Trinajstić information content (AvgIpc) is 2.48. The topological polar surface area (TPSA) is 54.0 Å². The van der Waals surface area contributed by atoms with E-state index in [2.05, 4.69) is 15.6 Å². The maximum absolute atomic E-state index is 11.9. The molecule has 0 saturated heterocycles. The highest BCUT2D eigenvalue weighted by Crippen LogP contribution is 2.24. The second-order valence-corrected chi connectivity index (χ2v) is 5.55. The molecule has 0 saturated carbocycles. The standard InChI is InChI=1S/C16H18ClN3O/c1-11(2)9-19-16(21)15-8-7-12(10-18-15)20-14-6-4-3-5-13(14)17/h3-8,10-11,20H,9H2,1-2H3,(H,19,21). The molecular weight excluding hydrogens is 286 g/mol. The highest BCUT2D eigenvalue weighted by Gasteiger charge is 2.07. The van der Waals surface area contributed by atoms with E-state index in [9.17, 15) is 4.79 Å². The number of nitrogens with one attached hydrogen (secondary N) is 2. The molecule has 4 nitrogen and oxygen atoms in total. The fraction of sp³-hybridized carbons (Fsp3) is 0.250. The molecule has 1 aromatic carbocycles. The molecule has 0 aliphatic heterocycles. The SMILES string of the molecule is CC(C)CNC(=O)c1ccc(Nc2ccccc2Cl)cn1. The van der Waals surface area contributed by atoms with Gasteiger partial charge in [0.15, 0.2) is 0 Å². The molecular formula is C16H18ClN3O. The Kier molecular flexibility index (Phi) is 5.17. The van der Waals surface area contributed by atoms with Crippen LogP contribution in [-0.2, 0) is 0 Å². The Balaban J connectivity index is 2.02. The summed E-state index contributed by atoms with van der Waals surface area (Å²) in [6.45, 7) is 4.73. The van der Waals surface area contributed by atoms with Gasteiger partial charge in [-0.3, -0.25) is 4.79 Å². The van der Waals surface area contributed by atoms with E-state index in [0.29, 0.717) is 23.2 Å². The molecule has 0 atom stereocenters. The van der Waals surface area contributed by atoms with Gasteiger partial charge in [-0.05, 0) is 30.2 Å². The molecule has 0 radical (unpaired) electrons. The molecule has 1 aromatic heterocycles. The van der Waals surface area contributed by atoms with Crippen LogP contribution in [0.3, 0.4) is 0 Å². The van der Waals surface area contributed by atoms with Crippen molar-refractivity contribution in [1.82, 2.24) is 10.3 Å². The maximum atomic E-state index is 11.9. The number of halogens is 1. The van der Waals surface area contributed by atoms with Gasteiger partial charge in [0, 0.05) is 6.54 Å². The summed E-state index contributed by atoms with van der Waals surface area (Å²) in [5.41, 5.74) is 1.99. The van der Waals surface area contributed by atoms with E-state index in [1.165, 1.54) is 0 Å². The van der Waals surface area contributed by atoms with Crippen LogP contribution in [0.15, 0.2) is 42.6 Å². The van der Waals surface area contributed by atoms with Crippen LogP contribution in [0, 0.1) is 5.92 Å². The summed E-state index contributed by atoms with van der Waals surface area (Å²) in [5, 5.41) is 6.63. The highest BCUT2D eigenvalue weighted by molar-refractivity contribution is 6.33. The third-order valence-electron chi connectivity index (χ3n) is 2.82. The lowest BCUT2D eigenvalue weighted by Crippen LogP contribution is -2.27. The molecule has 2 rings (SSSR count). The second kappa shape index (κ2) is 7.09. The summed E-state index contributed by atoms with van der Waals surface area (Å²) < 4.78 is 0. The van der Waals surface area contributed by atoms with E-state index < -0.39 is 0 Å². The number of hydrogen-bond acceptors (Lipinski definition) is 3. The largest absolute Gasteiger partial charge is 0.353 e. The number of carbonyl (C=O) groups is 1. The number of rotatable bonds is 5. The van der Waals surface area contributed by atoms with Crippen molar-refractivity contribution in [1.29, 1.82) is 0 Å². The van der Waals surface area contributed by atoms with Crippen molar-refractivity contribution in [2.45, 2.75) is 13.8 Å². The molecule has 2 aromatic rings. The quantitative estimate of drug-likeness (QED) is 0.881. The lowest BCUT2D eigenvalue weighted by Gasteiger charge is -2.09. The Morgan fingerprint density at radius 2 is 2.00 bits per heavy atom. The van der Waals surface area contributed by atoms with Crippen molar-refractivity contribution < 1.29 is 4.79 Å². The number of aromatic nitrogens is 1. The van der Waals surface area contributed by atoms with Gasteiger partial charge in [0.2, 0.25) is 0 Å². The van der Waals surface area contributed by atoms with Crippen molar-refractivity contribution in [3.63, 3.8) is 0 Å². The molecule has 110 valence electrons. The first-order valence-corrected chi connectivity index (χ1v) is 7.20. The molecule has 0 spiro atoms. The van der Waals surface area contributed by atoms with Gasteiger partial charge in [0.25, 0.3) is 5.91 Å². The van der Waals surface area contributed by atoms with Gasteiger partial charge in [-0.1, -0.05) is 37.6 Å². The summed E-state index contributed by atoms with van der Waals surface area (Å²) >= 11 is 6.08. The van der Waals surface area contributed by atoms with Gasteiger partial charge in [-0.2, -0.15) is 0 Å². The van der Waals surface area contributed by atoms with Crippen molar-refractivity contribution in [3.05, 3.63) is 53.3 Å². The summed E-state index contributed by atoms with van der Waals surface area (Å²) in [5.74, 6) is 0.253. The van der Waals surface area contributed by atoms with Crippen LogP contribution < -0.4 is 10.6 Å². The molecule has 0 aliphatic carbocycles. The Bertz CT molecular complexity index is 611. The maximum Gasteiger partial charge on any atom is 0.269 e. The number of benzene rings is 1. The molecule has 2 N–H and O–H groups in total. The molecule has 0 fully saturated rings. The fourth-order valence-electron chi connectivity index (χ4n) is 1.71. The van der Waals surface area contributed by atoms with E-state index in [4.69, 9.17) is 11.6 Å². The average molecular weight is 304 g/mol. The number of para-hydroxylation sites is 1. The summed E-state index contributed by atoms with van der Waals surface area (Å²) in [7, 11) is 0. The number of carbonyl (C=O) groups excluding carboxylic acids is 1. The first-order chi connectivity index (χ1) is 10.1. The van der Waals surface area contributed by atoms with Crippen LogP contribution in [0.25, 0.3) is 0 Å². The van der Waals surface area contributed by atoms with Crippen LogP contribution in [0.5, 0.6) is 0 Å². The molecule has 1 heterocycles. The van der Waals surface area contributed by atoms with Crippen molar-refractivity contribution in [2.75, 3.05) is 11.9 Å². The molecule has 0 unspecified atom stereocenters. The van der Waals surface area contributed by atoms with Gasteiger partial charge >= 0.3 is 0 Å². The minimum absolute atomic E-state index is 0.159. The minimum Gasteiger partial charge on any atom is -0.353 e. The second-order valence-electron chi connectivity index (χ2n) is 5.14. The summed E-state index contributed by atoms with van der Waals surface area (Å²) in [4.78, 5) is 16.0. The Hall–Kier alpha value is -2.07. The summed E-state index contributed by atoms with van der Waals surface area (Å²) in [6.07, 6.45) is 1.62. The smallest absolute Gasteiger partial charge is 0.269 e. The molecule has 5 heteroatoms. The van der Waals surface area contributed by atoms with Crippen LogP contribution in [0.1, 0.15) is 24.3 Å². The Morgan fingerprint density at radius 3 is 2.62 bits per heavy atom. The third kappa shape index (κ3) is 4.46. The first kappa shape index (κ1) is 15.3. The number of hydrogen-bond donors (Lipinski definition) is 2. The number of amides is 1. The van der Waals surface area contributed by atoms with Crippen molar-refractivity contribution in [2.24, 2.45) is 5.92 Å².